The van der Waals surface area contributed by atoms with E-state index in [9.17, 15) is 4.79 Å². The Labute approximate surface area is 150 Å². The molecule has 6 nitrogen and oxygen atoms in total. The molecule has 6 heteroatoms. The third-order valence-electron chi connectivity index (χ3n) is 4.51. The minimum Gasteiger partial charge on any atom is -0.497 e. The first kappa shape index (κ1) is 19.1. The van der Waals surface area contributed by atoms with Crippen LogP contribution in [-0.2, 0) is 16.1 Å². The van der Waals surface area contributed by atoms with Gasteiger partial charge in [0, 0.05) is 19.6 Å². The van der Waals surface area contributed by atoms with E-state index in [1.807, 2.05) is 26.0 Å². The van der Waals surface area contributed by atoms with Crippen molar-refractivity contribution in [1.82, 2.24) is 10.2 Å². The van der Waals surface area contributed by atoms with Gasteiger partial charge in [-0.15, -0.1) is 0 Å². The highest BCUT2D eigenvalue weighted by Crippen LogP contribution is 2.24. The molecule has 2 unspecified atom stereocenters. The summed E-state index contributed by atoms with van der Waals surface area (Å²) in [5.41, 5.74) is 2.25. The molecule has 138 valence electrons. The van der Waals surface area contributed by atoms with Crippen molar-refractivity contribution in [2.75, 3.05) is 33.9 Å². The molecule has 1 aliphatic rings. The van der Waals surface area contributed by atoms with Gasteiger partial charge < -0.3 is 19.7 Å². The highest BCUT2D eigenvalue weighted by molar-refractivity contribution is 5.82. The van der Waals surface area contributed by atoms with Crippen LogP contribution in [0, 0.1) is 18.8 Å². The Bertz CT molecular complexity index is 630. The number of ether oxygens (including phenoxy) is 2. The summed E-state index contributed by atoms with van der Waals surface area (Å²) in [6.45, 7) is 8.95. The van der Waals surface area contributed by atoms with Crippen molar-refractivity contribution in [2.24, 2.45) is 16.8 Å². The number of aryl methyl sites for hydroxylation is 1. The number of likely N-dealkylation sites (tertiary alicyclic amines) is 1. The van der Waals surface area contributed by atoms with Crippen LogP contribution in [0.3, 0.4) is 0 Å². The van der Waals surface area contributed by atoms with Crippen LogP contribution in [-0.4, -0.2) is 50.7 Å². The monoisotopic (exact) mass is 347 g/mol. The maximum absolute atomic E-state index is 11.9. The quantitative estimate of drug-likeness (QED) is 0.503. The SMILES string of the molecule is CCNC(=NCc1cc(C)cc(OC)c1)N1CC(C)C(C(=O)OC)C1. The molecule has 0 radical (unpaired) electrons. The molecule has 0 aliphatic carbocycles. The highest BCUT2D eigenvalue weighted by Gasteiger charge is 2.36. The van der Waals surface area contributed by atoms with E-state index in [1.165, 1.54) is 7.11 Å². The Kier molecular flexibility index (Phi) is 6.67. The molecule has 0 amide bonds. The largest absolute Gasteiger partial charge is 0.497 e. The van der Waals surface area contributed by atoms with Gasteiger partial charge in [-0.3, -0.25) is 4.79 Å². The van der Waals surface area contributed by atoms with Crippen LogP contribution in [0.15, 0.2) is 23.2 Å². The van der Waals surface area contributed by atoms with E-state index in [4.69, 9.17) is 14.5 Å². The van der Waals surface area contributed by atoms with Gasteiger partial charge in [0.25, 0.3) is 0 Å². The van der Waals surface area contributed by atoms with Crippen LogP contribution in [0.25, 0.3) is 0 Å². The van der Waals surface area contributed by atoms with Gasteiger partial charge in [0.05, 0.1) is 26.7 Å². The number of esters is 1. The topological polar surface area (TPSA) is 63.2 Å². The number of carbonyl (C=O) groups is 1. The maximum atomic E-state index is 11.9. The zero-order valence-electron chi connectivity index (χ0n) is 15.8. The lowest BCUT2D eigenvalue weighted by atomic mass is 9.99. The molecule has 1 heterocycles. The average molecular weight is 347 g/mol. The minimum absolute atomic E-state index is 0.104. The van der Waals surface area contributed by atoms with Gasteiger partial charge in [-0.25, -0.2) is 4.99 Å². The molecule has 0 bridgehead atoms. The fourth-order valence-corrected chi connectivity index (χ4v) is 3.22. The number of aliphatic imine (C=N–C) groups is 1. The van der Waals surface area contributed by atoms with Gasteiger partial charge in [-0.2, -0.15) is 0 Å². The molecular formula is C19H29N3O3. The summed E-state index contributed by atoms with van der Waals surface area (Å²) in [5.74, 6) is 1.68. The van der Waals surface area contributed by atoms with E-state index < -0.39 is 0 Å². The normalized spacial score (nSPS) is 20.5. The Morgan fingerprint density at radius 1 is 1.32 bits per heavy atom. The van der Waals surface area contributed by atoms with E-state index in [-0.39, 0.29) is 17.8 Å². The van der Waals surface area contributed by atoms with Crippen molar-refractivity contribution in [2.45, 2.75) is 27.3 Å². The number of methoxy groups -OCH3 is 2. The van der Waals surface area contributed by atoms with Crippen LogP contribution in [0.1, 0.15) is 25.0 Å². The molecule has 2 atom stereocenters. The number of rotatable bonds is 5. The molecule has 2 rings (SSSR count). The van der Waals surface area contributed by atoms with Crippen molar-refractivity contribution in [3.63, 3.8) is 0 Å². The summed E-state index contributed by atoms with van der Waals surface area (Å²) in [4.78, 5) is 18.8. The molecule has 25 heavy (non-hydrogen) atoms. The first-order chi connectivity index (χ1) is 12.0. The van der Waals surface area contributed by atoms with Crippen molar-refractivity contribution >= 4 is 11.9 Å². The standard InChI is InChI=1S/C19H29N3O3/c1-6-20-19(22-11-14(3)17(12-22)18(23)25-5)21-10-15-7-13(2)8-16(9-15)24-4/h7-9,14,17H,6,10-12H2,1-5H3,(H,20,21). The van der Waals surface area contributed by atoms with Crippen molar-refractivity contribution in [3.05, 3.63) is 29.3 Å². The van der Waals surface area contributed by atoms with Gasteiger partial charge in [0.15, 0.2) is 5.96 Å². The van der Waals surface area contributed by atoms with Crippen LogP contribution in [0.5, 0.6) is 5.75 Å². The molecule has 1 fully saturated rings. The summed E-state index contributed by atoms with van der Waals surface area (Å²) in [6.07, 6.45) is 0. The third-order valence-corrected chi connectivity index (χ3v) is 4.51. The number of carbonyl (C=O) groups excluding carboxylic acids is 1. The first-order valence-corrected chi connectivity index (χ1v) is 8.74. The predicted molar refractivity (Wildman–Crippen MR) is 98.8 cm³/mol. The molecule has 0 aromatic heterocycles. The fourth-order valence-electron chi connectivity index (χ4n) is 3.22. The molecule has 0 spiro atoms. The van der Waals surface area contributed by atoms with Gasteiger partial charge in [-0.05, 0) is 43.0 Å². The van der Waals surface area contributed by atoms with Crippen LogP contribution in [0.2, 0.25) is 0 Å². The molecule has 1 aromatic carbocycles. The van der Waals surface area contributed by atoms with Gasteiger partial charge in [0.2, 0.25) is 0 Å². The average Bonchev–Trinajstić information content (AvgIpc) is 2.99. The summed E-state index contributed by atoms with van der Waals surface area (Å²) in [7, 11) is 3.12. The van der Waals surface area contributed by atoms with E-state index >= 15 is 0 Å². The van der Waals surface area contributed by atoms with Crippen molar-refractivity contribution in [3.8, 4) is 5.75 Å². The summed E-state index contributed by atoms with van der Waals surface area (Å²) >= 11 is 0. The number of hydrogen-bond donors (Lipinski definition) is 1. The molecule has 1 N–H and O–H groups in total. The number of guanidine groups is 1. The summed E-state index contributed by atoms with van der Waals surface area (Å²) in [6, 6.07) is 6.12. The summed E-state index contributed by atoms with van der Waals surface area (Å²) < 4.78 is 10.3. The van der Waals surface area contributed by atoms with E-state index in [0.29, 0.717) is 13.1 Å². The van der Waals surface area contributed by atoms with Crippen LogP contribution < -0.4 is 10.1 Å². The Hall–Kier alpha value is -2.24. The number of hydrogen-bond acceptors (Lipinski definition) is 4. The predicted octanol–water partition coefficient (Wildman–Crippen LogP) is 2.21. The third kappa shape index (κ3) is 4.87. The lowest BCUT2D eigenvalue weighted by Gasteiger charge is -2.21. The second kappa shape index (κ2) is 8.74. The first-order valence-electron chi connectivity index (χ1n) is 8.74. The fraction of sp³-hybridized carbons (Fsp3) is 0.579. The van der Waals surface area contributed by atoms with E-state index in [0.717, 1.165) is 35.9 Å². The second-order valence-corrected chi connectivity index (χ2v) is 6.54. The number of benzene rings is 1. The lowest BCUT2D eigenvalue weighted by Crippen LogP contribution is -2.40. The molecule has 1 saturated heterocycles. The van der Waals surface area contributed by atoms with Crippen LogP contribution in [0.4, 0.5) is 0 Å². The van der Waals surface area contributed by atoms with E-state index in [1.54, 1.807) is 7.11 Å². The summed E-state index contributed by atoms with van der Waals surface area (Å²) in [5, 5.41) is 3.33. The molecule has 1 aliphatic heterocycles. The van der Waals surface area contributed by atoms with Gasteiger partial charge >= 0.3 is 5.97 Å². The van der Waals surface area contributed by atoms with Crippen LogP contribution >= 0.6 is 0 Å². The molecule has 0 saturated carbocycles. The zero-order valence-corrected chi connectivity index (χ0v) is 15.8. The van der Waals surface area contributed by atoms with Crippen molar-refractivity contribution in [1.29, 1.82) is 0 Å². The lowest BCUT2D eigenvalue weighted by molar-refractivity contribution is -0.145. The zero-order chi connectivity index (χ0) is 18.4. The second-order valence-electron chi connectivity index (χ2n) is 6.54. The smallest absolute Gasteiger partial charge is 0.310 e. The van der Waals surface area contributed by atoms with Gasteiger partial charge in [0.1, 0.15) is 5.75 Å². The number of nitrogens with one attached hydrogen (secondary N) is 1. The number of nitrogens with zero attached hydrogens (tertiary/aromatic N) is 2. The maximum Gasteiger partial charge on any atom is 0.310 e. The van der Waals surface area contributed by atoms with Crippen molar-refractivity contribution < 1.29 is 14.3 Å². The van der Waals surface area contributed by atoms with E-state index in [2.05, 4.69) is 23.2 Å². The Morgan fingerprint density at radius 3 is 2.72 bits per heavy atom. The Balaban J connectivity index is 2.14. The Morgan fingerprint density at radius 2 is 2.08 bits per heavy atom. The highest BCUT2D eigenvalue weighted by atomic mass is 16.5. The minimum atomic E-state index is -0.144. The molecule has 1 aromatic rings. The molecular weight excluding hydrogens is 318 g/mol. The van der Waals surface area contributed by atoms with Gasteiger partial charge in [-0.1, -0.05) is 13.0 Å².